The first-order valence-electron chi connectivity index (χ1n) is 9.64. The zero-order valence-electron chi connectivity index (χ0n) is 17.1. The van der Waals surface area contributed by atoms with Crippen LogP contribution in [-0.2, 0) is 21.9 Å². The molecule has 0 heterocycles. The van der Waals surface area contributed by atoms with E-state index >= 15 is 0 Å². The molecule has 4 nitrogen and oxygen atoms in total. The van der Waals surface area contributed by atoms with E-state index in [1.54, 1.807) is 23.6 Å². The molecule has 1 N–H and O–H groups in total. The van der Waals surface area contributed by atoms with E-state index in [1.807, 2.05) is 50.2 Å². The SMILES string of the molecule is Cc1cccc(CSCC(=O)N(Cc2ccccc2)C(C)C(=O)NC(C)C)c1. The van der Waals surface area contributed by atoms with Gasteiger partial charge in [-0.3, -0.25) is 9.59 Å². The van der Waals surface area contributed by atoms with E-state index in [9.17, 15) is 9.59 Å². The highest BCUT2D eigenvalue weighted by Gasteiger charge is 2.26. The van der Waals surface area contributed by atoms with Crippen molar-refractivity contribution in [1.82, 2.24) is 10.2 Å². The molecule has 1 unspecified atom stereocenters. The second-order valence-electron chi connectivity index (χ2n) is 7.33. The van der Waals surface area contributed by atoms with E-state index in [0.717, 1.165) is 11.3 Å². The van der Waals surface area contributed by atoms with E-state index in [-0.39, 0.29) is 17.9 Å². The Morgan fingerprint density at radius 3 is 2.32 bits per heavy atom. The third-order valence-corrected chi connectivity index (χ3v) is 5.36. The molecule has 0 fully saturated rings. The maximum absolute atomic E-state index is 13.0. The molecule has 0 aromatic heterocycles. The van der Waals surface area contributed by atoms with Crippen molar-refractivity contribution in [1.29, 1.82) is 0 Å². The first-order chi connectivity index (χ1) is 13.4. The number of amides is 2. The molecule has 2 rings (SSSR count). The Morgan fingerprint density at radius 1 is 1.00 bits per heavy atom. The van der Waals surface area contributed by atoms with Crippen molar-refractivity contribution in [2.75, 3.05) is 5.75 Å². The van der Waals surface area contributed by atoms with Crippen LogP contribution in [0.1, 0.15) is 37.5 Å². The lowest BCUT2D eigenvalue weighted by atomic mass is 10.1. The molecule has 5 heteroatoms. The summed E-state index contributed by atoms with van der Waals surface area (Å²) in [5.74, 6) is 0.982. The molecule has 0 saturated carbocycles. The minimum Gasteiger partial charge on any atom is -0.352 e. The topological polar surface area (TPSA) is 49.4 Å². The lowest BCUT2D eigenvalue weighted by Gasteiger charge is -2.29. The summed E-state index contributed by atoms with van der Waals surface area (Å²) in [5, 5.41) is 2.91. The van der Waals surface area contributed by atoms with E-state index < -0.39 is 6.04 Å². The molecule has 0 bridgehead atoms. The van der Waals surface area contributed by atoms with Crippen LogP contribution >= 0.6 is 11.8 Å². The largest absolute Gasteiger partial charge is 0.352 e. The molecule has 0 spiro atoms. The van der Waals surface area contributed by atoms with Gasteiger partial charge in [0.15, 0.2) is 0 Å². The summed E-state index contributed by atoms with van der Waals surface area (Å²) >= 11 is 1.58. The number of carbonyl (C=O) groups is 2. The van der Waals surface area contributed by atoms with Crippen molar-refractivity contribution in [3.8, 4) is 0 Å². The van der Waals surface area contributed by atoms with Crippen molar-refractivity contribution in [2.45, 2.75) is 52.1 Å². The lowest BCUT2D eigenvalue weighted by Crippen LogP contribution is -2.49. The van der Waals surface area contributed by atoms with E-state index in [0.29, 0.717) is 12.3 Å². The van der Waals surface area contributed by atoms with Gasteiger partial charge < -0.3 is 10.2 Å². The van der Waals surface area contributed by atoms with Crippen LogP contribution in [0.2, 0.25) is 0 Å². The molecule has 2 aromatic carbocycles. The average Bonchev–Trinajstić information content (AvgIpc) is 2.66. The average molecular weight is 399 g/mol. The summed E-state index contributed by atoms with van der Waals surface area (Å²) in [6, 6.07) is 17.6. The molecule has 1 atom stereocenters. The van der Waals surface area contributed by atoms with E-state index in [1.165, 1.54) is 11.1 Å². The van der Waals surface area contributed by atoms with Crippen molar-refractivity contribution in [3.05, 3.63) is 71.3 Å². The molecular formula is C23H30N2O2S. The zero-order valence-corrected chi connectivity index (χ0v) is 18.0. The number of rotatable bonds is 9. The van der Waals surface area contributed by atoms with Gasteiger partial charge in [0.1, 0.15) is 6.04 Å². The fourth-order valence-corrected chi connectivity index (χ4v) is 3.77. The fourth-order valence-electron chi connectivity index (χ4n) is 2.91. The Bertz CT molecular complexity index is 777. The van der Waals surface area contributed by atoms with Crippen molar-refractivity contribution in [3.63, 3.8) is 0 Å². The molecular weight excluding hydrogens is 368 g/mol. The molecule has 28 heavy (non-hydrogen) atoms. The van der Waals surface area contributed by atoms with Crippen molar-refractivity contribution in [2.24, 2.45) is 0 Å². The van der Waals surface area contributed by atoms with Gasteiger partial charge in [-0.2, -0.15) is 0 Å². The maximum Gasteiger partial charge on any atom is 0.242 e. The second-order valence-corrected chi connectivity index (χ2v) is 8.31. The zero-order chi connectivity index (χ0) is 20.5. The minimum absolute atomic E-state index is 0.0205. The van der Waals surface area contributed by atoms with Gasteiger partial charge in [0, 0.05) is 18.3 Å². The molecule has 150 valence electrons. The summed E-state index contributed by atoms with van der Waals surface area (Å²) < 4.78 is 0. The predicted molar refractivity (Wildman–Crippen MR) is 117 cm³/mol. The second kappa shape index (κ2) is 10.9. The molecule has 0 saturated heterocycles. The van der Waals surface area contributed by atoms with Crippen LogP contribution in [0.25, 0.3) is 0 Å². The van der Waals surface area contributed by atoms with Gasteiger partial charge in [-0.1, -0.05) is 60.2 Å². The highest BCUT2D eigenvalue weighted by molar-refractivity contribution is 7.99. The Morgan fingerprint density at radius 2 is 1.68 bits per heavy atom. The number of benzene rings is 2. The highest BCUT2D eigenvalue weighted by atomic mass is 32.2. The quantitative estimate of drug-likeness (QED) is 0.690. The number of thioether (sulfide) groups is 1. The third kappa shape index (κ3) is 7.04. The monoisotopic (exact) mass is 398 g/mol. The standard InChI is InChI=1S/C23H30N2O2S/c1-17(2)24-23(27)19(4)25(14-20-10-6-5-7-11-20)22(26)16-28-15-21-12-8-9-18(3)13-21/h5-13,17,19H,14-16H2,1-4H3,(H,24,27). The summed E-state index contributed by atoms with van der Waals surface area (Å²) in [7, 11) is 0. The number of hydrogen-bond acceptors (Lipinski definition) is 3. The first kappa shape index (κ1) is 22.0. The van der Waals surface area contributed by atoms with Crippen LogP contribution in [0.5, 0.6) is 0 Å². The summed E-state index contributed by atoms with van der Waals surface area (Å²) in [6.07, 6.45) is 0. The van der Waals surface area contributed by atoms with Gasteiger partial charge in [0.25, 0.3) is 0 Å². The van der Waals surface area contributed by atoms with Crippen LogP contribution in [0.4, 0.5) is 0 Å². The maximum atomic E-state index is 13.0. The number of aryl methyl sites for hydroxylation is 1. The predicted octanol–water partition coefficient (Wildman–Crippen LogP) is 4.17. The van der Waals surface area contributed by atoms with Gasteiger partial charge in [0.05, 0.1) is 5.75 Å². The Kier molecular flexibility index (Phi) is 8.58. The van der Waals surface area contributed by atoms with Crippen LogP contribution in [0.3, 0.4) is 0 Å². The van der Waals surface area contributed by atoms with E-state index in [4.69, 9.17) is 0 Å². The lowest BCUT2D eigenvalue weighted by molar-refractivity contribution is -0.138. The fraction of sp³-hybridized carbons (Fsp3) is 0.391. The molecule has 0 aliphatic carbocycles. The van der Waals surface area contributed by atoms with Crippen LogP contribution in [0, 0.1) is 6.92 Å². The third-order valence-electron chi connectivity index (χ3n) is 4.37. The van der Waals surface area contributed by atoms with Crippen molar-refractivity contribution < 1.29 is 9.59 Å². The Hall–Kier alpha value is -2.27. The smallest absolute Gasteiger partial charge is 0.242 e. The molecule has 0 aliphatic heterocycles. The molecule has 0 radical (unpaired) electrons. The van der Waals surface area contributed by atoms with Gasteiger partial charge in [-0.25, -0.2) is 0 Å². The summed E-state index contributed by atoms with van der Waals surface area (Å²) in [6.45, 7) is 8.13. The van der Waals surface area contributed by atoms with Crippen LogP contribution < -0.4 is 5.32 Å². The molecule has 0 aliphatic rings. The van der Waals surface area contributed by atoms with Gasteiger partial charge in [0.2, 0.25) is 11.8 Å². The Labute approximate surface area is 172 Å². The Balaban J connectivity index is 2.03. The van der Waals surface area contributed by atoms with Crippen LogP contribution in [-0.4, -0.2) is 34.6 Å². The van der Waals surface area contributed by atoms with Gasteiger partial charge >= 0.3 is 0 Å². The van der Waals surface area contributed by atoms with Crippen molar-refractivity contribution >= 4 is 23.6 Å². The molecule has 2 aromatic rings. The first-order valence-corrected chi connectivity index (χ1v) is 10.8. The van der Waals surface area contributed by atoms with Crippen LogP contribution in [0.15, 0.2) is 54.6 Å². The highest BCUT2D eigenvalue weighted by Crippen LogP contribution is 2.16. The minimum atomic E-state index is -0.519. The van der Waals surface area contributed by atoms with Gasteiger partial charge in [-0.15, -0.1) is 11.8 Å². The number of hydrogen-bond donors (Lipinski definition) is 1. The normalized spacial score (nSPS) is 11.9. The summed E-state index contributed by atoms with van der Waals surface area (Å²) in [4.78, 5) is 27.1. The van der Waals surface area contributed by atoms with Gasteiger partial charge in [-0.05, 0) is 38.8 Å². The number of nitrogens with one attached hydrogen (secondary N) is 1. The number of nitrogens with zero attached hydrogens (tertiary/aromatic N) is 1. The number of carbonyl (C=O) groups excluding carboxylic acids is 2. The molecule has 2 amide bonds. The van der Waals surface area contributed by atoms with E-state index in [2.05, 4.69) is 30.4 Å². The summed E-state index contributed by atoms with van der Waals surface area (Å²) in [5.41, 5.74) is 3.44.